The lowest BCUT2D eigenvalue weighted by atomic mass is 9.88. The smallest absolute Gasteiger partial charge is 0.227 e. The van der Waals surface area contributed by atoms with Crippen LogP contribution in [0.5, 0.6) is 11.5 Å². The van der Waals surface area contributed by atoms with Crippen LogP contribution in [-0.4, -0.2) is 31.6 Å². The van der Waals surface area contributed by atoms with Crippen molar-refractivity contribution in [3.05, 3.63) is 58.7 Å². The van der Waals surface area contributed by atoms with Gasteiger partial charge in [-0.15, -0.1) is 0 Å². The van der Waals surface area contributed by atoms with Crippen molar-refractivity contribution in [2.45, 2.75) is 25.3 Å². The molecule has 0 spiro atoms. The average molecular weight is 323 g/mol. The molecule has 24 heavy (non-hydrogen) atoms. The molecule has 1 atom stereocenters. The molecule has 2 heterocycles. The number of hydrogen-bond donors (Lipinski definition) is 0. The van der Waals surface area contributed by atoms with Crippen LogP contribution < -0.4 is 9.47 Å². The van der Waals surface area contributed by atoms with Crippen molar-refractivity contribution in [2.24, 2.45) is 0 Å². The van der Waals surface area contributed by atoms with Gasteiger partial charge in [0, 0.05) is 6.54 Å². The summed E-state index contributed by atoms with van der Waals surface area (Å²) in [4.78, 5) is 14.8. The molecule has 0 bridgehead atoms. The predicted molar refractivity (Wildman–Crippen MR) is 91.6 cm³/mol. The number of carbonyl (C=O) groups is 1. The van der Waals surface area contributed by atoms with Crippen LogP contribution in [0.3, 0.4) is 0 Å². The number of hydrogen-bond acceptors (Lipinski definition) is 3. The van der Waals surface area contributed by atoms with Crippen molar-refractivity contribution in [1.82, 2.24) is 4.90 Å². The summed E-state index contributed by atoms with van der Waals surface area (Å²) in [6.07, 6.45) is 2.20. The first-order valence-electron chi connectivity index (χ1n) is 8.32. The van der Waals surface area contributed by atoms with Crippen LogP contribution in [0.1, 0.15) is 28.3 Å². The SMILES string of the molecule is COc1cc2c(cc1OC)C1Cc3ccccc3CC(=O)N1CC2. The minimum absolute atomic E-state index is 0.0738. The monoisotopic (exact) mass is 323 g/mol. The van der Waals surface area contributed by atoms with E-state index in [9.17, 15) is 4.79 Å². The maximum Gasteiger partial charge on any atom is 0.227 e. The van der Waals surface area contributed by atoms with E-state index in [4.69, 9.17) is 9.47 Å². The summed E-state index contributed by atoms with van der Waals surface area (Å²) >= 11 is 0. The van der Waals surface area contributed by atoms with Gasteiger partial charge in [-0.1, -0.05) is 24.3 Å². The highest BCUT2D eigenvalue weighted by atomic mass is 16.5. The van der Waals surface area contributed by atoms with Gasteiger partial charge in [-0.05, 0) is 47.2 Å². The van der Waals surface area contributed by atoms with Gasteiger partial charge in [0.15, 0.2) is 11.5 Å². The van der Waals surface area contributed by atoms with Crippen LogP contribution in [-0.2, 0) is 24.1 Å². The Hall–Kier alpha value is -2.49. The third kappa shape index (κ3) is 2.33. The molecule has 4 rings (SSSR count). The summed E-state index contributed by atoms with van der Waals surface area (Å²) in [6, 6.07) is 12.5. The fourth-order valence-electron chi connectivity index (χ4n) is 3.95. The summed E-state index contributed by atoms with van der Waals surface area (Å²) in [7, 11) is 3.31. The molecule has 2 aliphatic rings. The summed E-state index contributed by atoms with van der Waals surface area (Å²) in [5.41, 5.74) is 4.85. The molecular weight excluding hydrogens is 302 g/mol. The number of methoxy groups -OCH3 is 2. The third-order valence-electron chi connectivity index (χ3n) is 5.20. The second kappa shape index (κ2) is 5.86. The maximum absolute atomic E-state index is 12.8. The molecule has 0 fully saturated rings. The number of amides is 1. The Labute approximate surface area is 142 Å². The van der Waals surface area contributed by atoms with Gasteiger partial charge in [-0.2, -0.15) is 0 Å². The van der Waals surface area contributed by atoms with Crippen LogP contribution in [0.2, 0.25) is 0 Å². The number of benzene rings is 2. The third-order valence-corrected chi connectivity index (χ3v) is 5.20. The van der Waals surface area contributed by atoms with E-state index in [1.165, 1.54) is 16.7 Å². The number of ether oxygens (including phenoxy) is 2. The molecule has 1 unspecified atom stereocenters. The van der Waals surface area contributed by atoms with E-state index in [1.807, 2.05) is 17.0 Å². The Bertz CT molecular complexity index is 799. The van der Waals surface area contributed by atoms with Gasteiger partial charge in [0.25, 0.3) is 0 Å². The molecule has 4 nitrogen and oxygen atoms in total. The van der Waals surface area contributed by atoms with Gasteiger partial charge in [0.1, 0.15) is 0 Å². The molecule has 1 amide bonds. The van der Waals surface area contributed by atoms with Gasteiger partial charge >= 0.3 is 0 Å². The summed E-state index contributed by atoms with van der Waals surface area (Å²) in [5.74, 6) is 1.69. The highest BCUT2D eigenvalue weighted by Crippen LogP contribution is 2.41. The number of carbonyl (C=O) groups excluding carboxylic acids is 1. The van der Waals surface area contributed by atoms with Crippen molar-refractivity contribution in [3.8, 4) is 11.5 Å². The molecule has 0 saturated heterocycles. The van der Waals surface area contributed by atoms with E-state index in [0.717, 1.165) is 36.4 Å². The Kier molecular flexibility index (Phi) is 3.68. The van der Waals surface area contributed by atoms with Gasteiger partial charge in [-0.3, -0.25) is 4.79 Å². The fourth-order valence-corrected chi connectivity index (χ4v) is 3.95. The molecule has 0 N–H and O–H groups in total. The van der Waals surface area contributed by atoms with Crippen molar-refractivity contribution < 1.29 is 14.3 Å². The first-order chi connectivity index (χ1) is 11.7. The van der Waals surface area contributed by atoms with Crippen LogP contribution in [0, 0.1) is 0 Å². The maximum atomic E-state index is 12.8. The van der Waals surface area contributed by atoms with E-state index in [1.54, 1.807) is 14.2 Å². The topological polar surface area (TPSA) is 38.8 Å². The molecule has 2 aromatic rings. The normalized spacial score (nSPS) is 19.0. The number of fused-ring (bicyclic) bond motifs is 4. The molecular formula is C20H21NO3. The van der Waals surface area contributed by atoms with Gasteiger partial charge in [0.2, 0.25) is 5.91 Å². The van der Waals surface area contributed by atoms with Crippen molar-refractivity contribution in [3.63, 3.8) is 0 Å². The van der Waals surface area contributed by atoms with E-state index >= 15 is 0 Å². The van der Waals surface area contributed by atoms with E-state index in [-0.39, 0.29) is 11.9 Å². The first-order valence-corrected chi connectivity index (χ1v) is 8.32. The Morgan fingerprint density at radius 1 is 1.00 bits per heavy atom. The standard InChI is InChI=1S/C20H21NO3/c1-23-18-10-15-7-8-21-17(16(15)12-19(18)24-2)9-13-5-3-4-6-14(13)11-20(21)22/h3-6,10,12,17H,7-9,11H2,1-2H3. The van der Waals surface area contributed by atoms with Gasteiger partial charge < -0.3 is 14.4 Å². The van der Waals surface area contributed by atoms with E-state index in [2.05, 4.69) is 24.3 Å². The molecule has 0 aromatic heterocycles. The zero-order chi connectivity index (χ0) is 16.7. The van der Waals surface area contributed by atoms with Crippen molar-refractivity contribution in [2.75, 3.05) is 20.8 Å². The molecule has 124 valence electrons. The summed E-state index contributed by atoms with van der Waals surface area (Å²) in [6.45, 7) is 0.764. The quantitative estimate of drug-likeness (QED) is 0.853. The lowest BCUT2D eigenvalue weighted by Crippen LogP contribution is -2.40. The zero-order valence-corrected chi connectivity index (χ0v) is 14.0. The van der Waals surface area contributed by atoms with Crippen molar-refractivity contribution >= 4 is 5.91 Å². The molecule has 2 aliphatic heterocycles. The lowest BCUT2D eigenvalue weighted by molar-refractivity contribution is -0.133. The summed E-state index contributed by atoms with van der Waals surface area (Å²) in [5, 5.41) is 0. The van der Waals surface area contributed by atoms with Crippen LogP contribution in [0.4, 0.5) is 0 Å². The molecule has 2 aromatic carbocycles. The average Bonchev–Trinajstić information content (AvgIpc) is 2.76. The lowest BCUT2D eigenvalue weighted by Gasteiger charge is -2.36. The van der Waals surface area contributed by atoms with E-state index < -0.39 is 0 Å². The largest absolute Gasteiger partial charge is 0.493 e. The molecule has 0 radical (unpaired) electrons. The minimum atomic E-state index is 0.0738. The second-order valence-corrected chi connectivity index (χ2v) is 6.41. The van der Waals surface area contributed by atoms with Crippen LogP contribution >= 0.6 is 0 Å². The highest BCUT2D eigenvalue weighted by molar-refractivity contribution is 5.81. The van der Waals surface area contributed by atoms with E-state index in [0.29, 0.717) is 6.42 Å². The highest BCUT2D eigenvalue weighted by Gasteiger charge is 2.34. The second-order valence-electron chi connectivity index (χ2n) is 6.41. The van der Waals surface area contributed by atoms with Gasteiger partial charge in [0.05, 0.1) is 26.7 Å². The number of nitrogens with zero attached hydrogens (tertiary/aromatic N) is 1. The van der Waals surface area contributed by atoms with Crippen molar-refractivity contribution in [1.29, 1.82) is 0 Å². The van der Waals surface area contributed by atoms with Gasteiger partial charge in [-0.25, -0.2) is 0 Å². The van der Waals surface area contributed by atoms with Crippen LogP contribution in [0.25, 0.3) is 0 Å². The Morgan fingerprint density at radius 3 is 2.46 bits per heavy atom. The molecule has 0 saturated carbocycles. The predicted octanol–water partition coefficient (Wildman–Crippen LogP) is 2.93. The Morgan fingerprint density at radius 2 is 1.71 bits per heavy atom. The molecule has 4 heteroatoms. The minimum Gasteiger partial charge on any atom is -0.493 e. The zero-order valence-electron chi connectivity index (χ0n) is 14.0. The molecule has 0 aliphatic carbocycles. The fraction of sp³-hybridized carbons (Fsp3) is 0.350. The Balaban J connectivity index is 1.83. The van der Waals surface area contributed by atoms with Crippen LogP contribution in [0.15, 0.2) is 36.4 Å². The summed E-state index contributed by atoms with van der Waals surface area (Å²) < 4.78 is 10.9. The first kappa shape index (κ1) is 15.1. The number of rotatable bonds is 2.